The van der Waals surface area contributed by atoms with Crippen molar-refractivity contribution >= 4 is 27.8 Å². The van der Waals surface area contributed by atoms with Crippen LogP contribution < -0.4 is 5.73 Å². The second-order valence-electron chi connectivity index (χ2n) is 7.31. The summed E-state index contributed by atoms with van der Waals surface area (Å²) in [7, 11) is 0. The van der Waals surface area contributed by atoms with Gasteiger partial charge in [-0.15, -0.1) is 0 Å². The minimum atomic E-state index is -0.431. The fraction of sp³-hybridized carbons (Fsp3) is 0. The van der Waals surface area contributed by atoms with Gasteiger partial charge in [-0.25, -0.2) is 14.4 Å². The van der Waals surface area contributed by atoms with E-state index >= 15 is 4.39 Å². The summed E-state index contributed by atoms with van der Waals surface area (Å²) in [6.07, 6.45) is 8.26. The topological polar surface area (TPSA) is 122 Å². The van der Waals surface area contributed by atoms with Crippen molar-refractivity contribution in [3.05, 3.63) is 73.2 Å². The highest BCUT2D eigenvalue weighted by Gasteiger charge is 2.20. The molecule has 9 heteroatoms. The summed E-state index contributed by atoms with van der Waals surface area (Å²) in [5, 5.41) is 7.55. The Morgan fingerprint density at radius 2 is 1.81 bits per heavy atom. The molecule has 0 spiro atoms. The van der Waals surface area contributed by atoms with Crippen molar-refractivity contribution < 1.29 is 4.39 Å². The maximum absolute atomic E-state index is 15.7. The van der Waals surface area contributed by atoms with Crippen molar-refractivity contribution in [2.24, 2.45) is 0 Å². The zero-order valence-electron chi connectivity index (χ0n) is 16.5. The largest absolute Gasteiger partial charge is 0.397 e. The number of nitrogens with one attached hydrogen (secondary N) is 2. The first-order valence-electron chi connectivity index (χ1n) is 9.82. The summed E-state index contributed by atoms with van der Waals surface area (Å²) in [5.41, 5.74) is 11.2. The van der Waals surface area contributed by atoms with Crippen LogP contribution in [0.5, 0.6) is 0 Å². The molecule has 0 amide bonds. The number of aromatic nitrogens is 7. The Kier molecular flexibility index (Phi) is 3.94. The summed E-state index contributed by atoms with van der Waals surface area (Å²) >= 11 is 0. The van der Waals surface area contributed by atoms with Crippen LogP contribution in [0.25, 0.3) is 55.8 Å². The summed E-state index contributed by atoms with van der Waals surface area (Å²) in [6, 6.07) is 10.8. The molecule has 0 aliphatic heterocycles. The van der Waals surface area contributed by atoms with Gasteiger partial charge in [-0.1, -0.05) is 6.07 Å². The summed E-state index contributed by atoms with van der Waals surface area (Å²) in [5.74, 6) is -0.0172. The van der Waals surface area contributed by atoms with E-state index in [0.29, 0.717) is 44.9 Å². The third-order valence-corrected chi connectivity index (χ3v) is 5.33. The van der Waals surface area contributed by atoms with Crippen molar-refractivity contribution in [2.45, 2.75) is 0 Å². The number of benzene rings is 1. The third-order valence-electron chi connectivity index (χ3n) is 5.33. The van der Waals surface area contributed by atoms with E-state index in [1.54, 1.807) is 43.0 Å². The monoisotopic (exact) mass is 422 g/mol. The highest BCUT2D eigenvalue weighted by atomic mass is 19.1. The summed E-state index contributed by atoms with van der Waals surface area (Å²) in [4.78, 5) is 20.5. The lowest BCUT2D eigenvalue weighted by Crippen LogP contribution is -1.91. The fourth-order valence-corrected chi connectivity index (χ4v) is 3.86. The predicted molar refractivity (Wildman–Crippen MR) is 120 cm³/mol. The Morgan fingerprint density at radius 1 is 0.906 bits per heavy atom. The van der Waals surface area contributed by atoms with Gasteiger partial charge in [0.15, 0.2) is 11.5 Å². The molecule has 0 saturated heterocycles. The van der Waals surface area contributed by atoms with Crippen LogP contribution in [0.4, 0.5) is 10.1 Å². The first kappa shape index (κ1) is 18.1. The Morgan fingerprint density at radius 3 is 2.66 bits per heavy atom. The van der Waals surface area contributed by atoms with Crippen LogP contribution >= 0.6 is 0 Å². The van der Waals surface area contributed by atoms with Gasteiger partial charge >= 0.3 is 0 Å². The van der Waals surface area contributed by atoms with Crippen molar-refractivity contribution in [1.82, 2.24) is 35.1 Å². The molecule has 4 N–H and O–H groups in total. The highest BCUT2D eigenvalue weighted by molar-refractivity contribution is 5.98. The number of halogens is 1. The maximum atomic E-state index is 15.7. The second-order valence-corrected chi connectivity index (χ2v) is 7.31. The van der Waals surface area contributed by atoms with Gasteiger partial charge in [0.1, 0.15) is 11.5 Å². The fourth-order valence-electron chi connectivity index (χ4n) is 3.86. The molecular formula is C23H15FN8. The Balaban J connectivity index is 1.55. The lowest BCUT2D eigenvalue weighted by Gasteiger charge is -2.05. The van der Waals surface area contributed by atoms with E-state index in [-0.39, 0.29) is 0 Å². The molecule has 5 aromatic heterocycles. The minimum absolute atomic E-state index is 0.326. The van der Waals surface area contributed by atoms with Gasteiger partial charge in [-0.2, -0.15) is 5.10 Å². The van der Waals surface area contributed by atoms with Crippen molar-refractivity contribution in [3.8, 4) is 33.8 Å². The number of H-pyrrole nitrogens is 2. The number of fused-ring (bicyclic) bond motifs is 2. The van der Waals surface area contributed by atoms with E-state index < -0.39 is 5.82 Å². The lowest BCUT2D eigenvalue weighted by molar-refractivity contribution is 0.643. The van der Waals surface area contributed by atoms with Gasteiger partial charge in [-0.05, 0) is 30.3 Å². The predicted octanol–water partition coefficient (Wildman–Crippen LogP) is 4.35. The molecule has 0 fully saturated rings. The van der Waals surface area contributed by atoms with Gasteiger partial charge in [0.05, 0.1) is 22.1 Å². The van der Waals surface area contributed by atoms with E-state index in [9.17, 15) is 0 Å². The van der Waals surface area contributed by atoms with Crippen LogP contribution in [-0.4, -0.2) is 35.1 Å². The van der Waals surface area contributed by atoms with Crippen molar-refractivity contribution in [2.75, 3.05) is 5.73 Å². The average Bonchev–Trinajstić information content (AvgIpc) is 3.44. The third kappa shape index (κ3) is 2.79. The maximum Gasteiger partial charge on any atom is 0.178 e. The van der Waals surface area contributed by atoms with Gasteiger partial charge in [0.2, 0.25) is 0 Å². The van der Waals surface area contributed by atoms with Gasteiger partial charge in [-0.3, -0.25) is 15.1 Å². The molecule has 1 aromatic carbocycles. The highest BCUT2D eigenvalue weighted by Crippen LogP contribution is 2.35. The summed E-state index contributed by atoms with van der Waals surface area (Å²) in [6.45, 7) is 0. The quantitative estimate of drug-likeness (QED) is 0.390. The molecule has 0 radical (unpaired) electrons. The second kappa shape index (κ2) is 6.95. The van der Waals surface area contributed by atoms with E-state index in [0.717, 1.165) is 16.6 Å². The smallest absolute Gasteiger partial charge is 0.178 e. The van der Waals surface area contributed by atoms with E-state index in [1.165, 1.54) is 6.20 Å². The average molecular weight is 422 g/mol. The first-order chi connectivity index (χ1) is 15.7. The molecule has 6 rings (SSSR count). The molecule has 154 valence electrons. The van der Waals surface area contributed by atoms with Crippen molar-refractivity contribution in [1.29, 1.82) is 0 Å². The van der Waals surface area contributed by atoms with Crippen LogP contribution in [0.1, 0.15) is 0 Å². The number of pyridine rings is 3. The normalized spacial score (nSPS) is 11.4. The first-order valence-corrected chi connectivity index (χ1v) is 9.82. The number of anilines is 1. The number of nitrogens with two attached hydrogens (primary N) is 1. The van der Waals surface area contributed by atoms with Crippen LogP contribution in [-0.2, 0) is 0 Å². The molecular weight excluding hydrogens is 407 g/mol. The number of hydrogen-bond acceptors (Lipinski definition) is 6. The molecule has 0 atom stereocenters. The van der Waals surface area contributed by atoms with E-state index in [2.05, 4.69) is 35.1 Å². The van der Waals surface area contributed by atoms with Crippen LogP contribution in [0.15, 0.2) is 67.4 Å². The zero-order valence-corrected chi connectivity index (χ0v) is 16.5. The van der Waals surface area contributed by atoms with E-state index in [4.69, 9.17) is 5.73 Å². The number of aromatic amines is 2. The minimum Gasteiger partial charge on any atom is -0.397 e. The van der Waals surface area contributed by atoms with Crippen molar-refractivity contribution in [3.63, 3.8) is 0 Å². The molecule has 32 heavy (non-hydrogen) atoms. The molecule has 0 aliphatic rings. The molecule has 0 saturated carbocycles. The van der Waals surface area contributed by atoms with Crippen LogP contribution in [0, 0.1) is 5.82 Å². The standard InChI is InChI=1S/C23H15FN8/c24-19-15(13-8-14(25)11-27-10-13)3-4-17-18(19)21(32-31-17)23-29-20-16(5-7-28-22(20)30-23)12-2-1-6-26-9-12/h1-11H,25H2,(H,31,32)(H,28,29,30). The number of rotatable bonds is 3. The Bertz CT molecular complexity index is 1600. The number of hydrogen-bond donors (Lipinski definition) is 3. The summed E-state index contributed by atoms with van der Waals surface area (Å²) < 4.78 is 15.7. The van der Waals surface area contributed by atoms with Gasteiger partial charge < -0.3 is 10.7 Å². The number of imidazole rings is 1. The Hall–Kier alpha value is -4.66. The molecule has 8 nitrogen and oxygen atoms in total. The SMILES string of the molecule is Nc1cncc(-c2ccc3[nH]nc(-c4nc5nccc(-c6cccnc6)c5[nH]4)c3c2F)c1. The lowest BCUT2D eigenvalue weighted by atomic mass is 10.0. The molecule has 5 heterocycles. The molecule has 0 aliphatic carbocycles. The van der Waals surface area contributed by atoms with Crippen LogP contribution in [0.3, 0.4) is 0 Å². The number of nitrogens with zero attached hydrogens (tertiary/aromatic N) is 5. The van der Waals surface area contributed by atoms with Gasteiger partial charge in [0.25, 0.3) is 0 Å². The molecule has 0 unspecified atom stereocenters. The number of nitrogen functional groups attached to an aromatic ring is 1. The molecule has 0 bridgehead atoms. The zero-order chi connectivity index (χ0) is 21.7. The molecule has 6 aromatic rings. The Labute approximate surface area is 180 Å². The van der Waals surface area contributed by atoms with E-state index in [1.807, 2.05) is 18.2 Å². The van der Waals surface area contributed by atoms with Gasteiger partial charge in [0, 0.05) is 53.2 Å². The van der Waals surface area contributed by atoms with Crippen LogP contribution in [0.2, 0.25) is 0 Å².